The highest BCUT2D eigenvalue weighted by molar-refractivity contribution is 5.91. The van der Waals surface area contributed by atoms with Crippen molar-refractivity contribution in [3.8, 4) is 0 Å². The zero-order valence-corrected chi connectivity index (χ0v) is 7.15. The number of methoxy groups -OCH3 is 1. The molecule has 0 aliphatic rings. The van der Waals surface area contributed by atoms with Crippen LogP contribution < -0.4 is 5.73 Å². The van der Waals surface area contributed by atoms with Crippen LogP contribution in [0.3, 0.4) is 0 Å². The molecule has 0 saturated carbocycles. The largest absolute Gasteiger partial charge is 0.464 e. The number of carbonyl (C=O) groups excluding carboxylic acids is 1. The summed E-state index contributed by atoms with van der Waals surface area (Å²) in [5.74, 6) is -0.550. The first kappa shape index (κ1) is 9.18. The standard InChI is InChI=1S/C8H9N3O2/c1-3-5-4-10-7(9)6(11-5)8(12)13-2/h3-4H,1H2,2H3,(H2,9,10). The van der Waals surface area contributed by atoms with Crippen molar-refractivity contribution in [2.75, 3.05) is 12.8 Å². The molecule has 0 amide bonds. The molecule has 2 N–H and O–H groups in total. The van der Waals surface area contributed by atoms with Crippen molar-refractivity contribution in [1.29, 1.82) is 0 Å². The molecule has 0 aliphatic heterocycles. The van der Waals surface area contributed by atoms with Gasteiger partial charge in [-0.2, -0.15) is 0 Å². The zero-order chi connectivity index (χ0) is 9.84. The lowest BCUT2D eigenvalue weighted by Crippen LogP contribution is -2.10. The van der Waals surface area contributed by atoms with E-state index in [9.17, 15) is 4.79 Å². The highest BCUT2D eigenvalue weighted by atomic mass is 16.5. The molecule has 1 heterocycles. The number of aromatic nitrogens is 2. The zero-order valence-electron chi connectivity index (χ0n) is 7.15. The van der Waals surface area contributed by atoms with Crippen LogP contribution in [0, 0.1) is 0 Å². The highest BCUT2D eigenvalue weighted by Gasteiger charge is 2.12. The first-order valence-corrected chi connectivity index (χ1v) is 3.52. The number of ether oxygens (including phenoxy) is 1. The van der Waals surface area contributed by atoms with Crippen molar-refractivity contribution in [3.05, 3.63) is 24.2 Å². The molecule has 1 aromatic heterocycles. The Morgan fingerprint density at radius 3 is 3.00 bits per heavy atom. The van der Waals surface area contributed by atoms with E-state index in [1.54, 1.807) is 0 Å². The van der Waals surface area contributed by atoms with Crippen molar-refractivity contribution in [3.63, 3.8) is 0 Å². The molecule has 0 saturated heterocycles. The number of nitrogens with zero attached hydrogens (tertiary/aromatic N) is 2. The molecule has 5 nitrogen and oxygen atoms in total. The van der Waals surface area contributed by atoms with Crippen molar-refractivity contribution in [2.45, 2.75) is 0 Å². The number of nitrogens with two attached hydrogens (primary N) is 1. The summed E-state index contributed by atoms with van der Waals surface area (Å²) < 4.78 is 4.46. The second-order valence-corrected chi connectivity index (χ2v) is 2.22. The van der Waals surface area contributed by atoms with E-state index in [1.165, 1.54) is 19.4 Å². The average molecular weight is 179 g/mol. The number of rotatable bonds is 2. The Morgan fingerprint density at radius 2 is 2.46 bits per heavy atom. The fourth-order valence-electron chi connectivity index (χ4n) is 0.757. The van der Waals surface area contributed by atoms with Crippen molar-refractivity contribution in [1.82, 2.24) is 9.97 Å². The van der Waals surface area contributed by atoms with E-state index < -0.39 is 5.97 Å². The van der Waals surface area contributed by atoms with E-state index in [0.29, 0.717) is 5.69 Å². The average Bonchev–Trinajstić information content (AvgIpc) is 2.17. The SMILES string of the molecule is C=Cc1cnc(N)c(C(=O)OC)n1. The van der Waals surface area contributed by atoms with E-state index in [2.05, 4.69) is 21.3 Å². The molecule has 0 spiro atoms. The molecule has 13 heavy (non-hydrogen) atoms. The maximum atomic E-state index is 11.1. The first-order valence-electron chi connectivity index (χ1n) is 3.52. The molecule has 0 radical (unpaired) electrons. The predicted molar refractivity (Wildman–Crippen MR) is 47.9 cm³/mol. The van der Waals surface area contributed by atoms with Gasteiger partial charge in [0.1, 0.15) is 0 Å². The Balaban J connectivity index is 3.18. The monoisotopic (exact) mass is 179 g/mol. The van der Waals surface area contributed by atoms with Gasteiger partial charge in [-0.25, -0.2) is 14.8 Å². The molecule has 68 valence electrons. The lowest BCUT2D eigenvalue weighted by molar-refractivity contribution is 0.0595. The predicted octanol–water partition coefficient (Wildman–Crippen LogP) is 0.488. The number of esters is 1. The van der Waals surface area contributed by atoms with Gasteiger partial charge in [0, 0.05) is 0 Å². The van der Waals surface area contributed by atoms with Gasteiger partial charge in [0.15, 0.2) is 11.5 Å². The minimum absolute atomic E-state index is 0.0138. The van der Waals surface area contributed by atoms with Gasteiger partial charge in [-0.1, -0.05) is 6.58 Å². The summed E-state index contributed by atoms with van der Waals surface area (Å²) in [5.41, 5.74) is 5.91. The molecule has 5 heteroatoms. The maximum absolute atomic E-state index is 11.1. The minimum atomic E-state index is -0.603. The van der Waals surface area contributed by atoms with Gasteiger partial charge in [0.2, 0.25) is 0 Å². The fraction of sp³-hybridized carbons (Fsp3) is 0.125. The van der Waals surface area contributed by atoms with Crippen LogP contribution >= 0.6 is 0 Å². The maximum Gasteiger partial charge on any atom is 0.360 e. The summed E-state index contributed by atoms with van der Waals surface area (Å²) in [4.78, 5) is 18.7. The number of anilines is 1. The Labute approximate surface area is 75.3 Å². The summed E-state index contributed by atoms with van der Waals surface area (Å²) in [6.45, 7) is 3.49. The lowest BCUT2D eigenvalue weighted by atomic mass is 10.3. The summed E-state index contributed by atoms with van der Waals surface area (Å²) in [6.07, 6.45) is 2.90. The molecular formula is C8H9N3O2. The molecular weight excluding hydrogens is 170 g/mol. The molecule has 0 fully saturated rings. The Hall–Kier alpha value is -1.91. The van der Waals surface area contributed by atoms with Crippen molar-refractivity contribution < 1.29 is 9.53 Å². The quantitative estimate of drug-likeness (QED) is 0.668. The van der Waals surface area contributed by atoms with Gasteiger partial charge in [-0.15, -0.1) is 0 Å². The molecule has 0 unspecified atom stereocenters. The van der Waals surface area contributed by atoms with Gasteiger partial charge in [-0.3, -0.25) is 0 Å². The number of carbonyl (C=O) groups is 1. The van der Waals surface area contributed by atoms with E-state index in [-0.39, 0.29) is 11.5 Å². The third-order valence-electron chi connectivity index (χ3n) is 1.41. The first-order chi connectivity index (χ1) is 6.19. The smallest absolute Gasteiger partial charge is 0.360 e. The van der Waals surface area contributed by atoms with E-state index in [4.69, 9.17) is 5.73 Å². The summed E-state index contributed by atoms with van der Waals surface area (Å²) in [6, 6.07) is 0. The minimum Gasteiger partial charge on any atom is -0.464 e. The van der Waals surface area contributed by atoms with Crippen LogP contribution in [0.4, 0.5) is 5.82 Å². The number of hydrogen-bond donors (Lipinski definition) is 1. The van der Waals surface area contributed by atoms with Crippen LogP contribution in [0.15, 0.2) is 12.8 Å². The topological polar surface area (TPSA) is 78.1 Å². The second kappa shape index (κ2) is 3.66. The van der Waals surface area contributed by atoms with Gasteiger partial charge in [-0.05, 0) is 6.08 Å². The van der Waals surface area contributed by atoms with Crippen LogP contribution in [0.2, 0.25) is 0 Å². The Kier molecular flexibility index (Phi) is 2.59. The van der Waals surface area contributed by atoms with Crippen LogP contribution in [0.25, 0.3) is 6.08 Å². The molecule has 0 bridgehead atoms. The Bertz CT molecular complexity index is 349. The van der Waals surface area contributed by atoms with Crippen LogP contribution in [-0.4, -0.2) is 23.0 Å². The van der Waals surface area contributed by atoms with Gasteiger partial charge in [0.05, 0.1) is 19.0 Å². The summed E-state index contributed by atoms with van der Waals surface area (Å²) in [7, 11) is 1.25. The van der Waals surface area contributed by atoms with Gasteiger partial charge >= 0.3 is 5.97 Å². The van der Waals surface area contributed by atoms with E-state index >= 15 is 0 Å². The highest BCUT2D eigenvalue weighted by Crippen LogP contribution is 2.07. The van der Waals surface area contributed by atoms with Crippen molar-refractivity contribution >= 4 is 17.9 Å². The third kappa shape index (κ3) is 1.81. The van der Waals surface area contributed by atoms with E-state index in [1.807, 2.05) is 0 Å². The lowest BCUT2D eigenvalue weighted by Gasteiger charge is -2.01. The molecule has 1 rings (SSSR count). The van der Waals surface area contributed by atoms with E-state index in [0.717, 1.165) is 0 Å². The van der Waals surface area contributed by atoms with Gasteiger partial charge < -0.3 is 10.5 Å². The van der Waals surface area contributed by atoms with Crippen LogP contribution in [0.5, 0.6) is 0 Å². The van der Waals surface area contributed by atoms with Crippen molar-refractivity contribution in [2.24, 2.45) is 0 Å². The second-order valence-electron chi connectivity index (χ2n) is 2.22. The summed E-state index contributed by atoms with van der Waals surface area (Å²) in [5, 5.41) is 0. The fourth-order valence-corrected chi connectivity index (χ4v) is 0.757. The van der Waals surface area contributed by atoms with Gasteiger partial charge in [0.25, 0.3) is 0 Å². The number of hydrogen-bond acceptors (Lipinski definition) is 5. The Morgan fingerprint density at radius 1 is 1.77 bits per heavy atom. The number of nitrogen functional groups attached to an aromatic ring is 1. The molecule has 0 aromatic carbocycles. The van der Waals surface area contributed by atoms with Crippen LogP contribution in [0.1, 0.15) is 16.2 Å². The molecule has 0 atom stereocenters. The normalized spacial score (nSPS) is 9.31. The van der Waals surface area contributed by atoms with Crippen LogP contribution in [-0.2, 0) is 4.74 Å². The molecule has 0 aliphatic carbocycles. The third-order valence-corrected chi connectivity index (χ3v) is 1.41. The summed E-state index contributed by atoms with van der Waals surface area (Å²) >= 11 is 0. The molecule has 1 aromatic rings.